The van der Waals surface area contributed by atoms with Crippen LogP contribution in [0.25, 0.3) is 0 Å². The Hall–Kier alpha value is -2.74. The second kappa shape index (κ2) is 12.3. The van der Waals surface area contributed by atoms with Crippen LogP contribution in [0.1, 0.15) is 61.0 Å². The lowest BCUT2D eigenvalue weighted by Gasteiger charge is -2.14. The lowest BCUT2D eigenvalue weighted by Crippen LogP contribution is -2.18. The van der Waals surface area contributed by atoms with Crippen LogP contribution in [-0.4, -0.2) is 25.3 Å². The first-order chi connectivity index (χ1) is 15.3. The third-order valence-corrected chi connectivity index (χ3v) is 4.69. The van der Waals surface area contributed by atoms with Gasteiger partial charge in [0.25, 0.3) is 5.91 Å². The molecule has 174 valence electrons. The Kier molecular flexibility index (Phi) is 9.84. The van der Waals surface area contributed by atoms with Gasteiger partial charge in [-0.3, -0.25) is 4.79 Å². The molecule has 0 aliphatic rings. The van der Waals surface area contributed by atoms with Crippen LogP contribution < -0.4 is 14.9 Å². The first-order valence-electron chi connectivity index (χ1n) is 10.4. The molecule has 0 heterocycles. The van der Waals surface area contributed by atoms with Crippen molar-refractivity contribution in [3.8, 4) is 11.5 Å². The number of amides is 1. The number of halogens is 4. The van der Waals surface area contributed by atoms with Gasteiger partial charge in [0.15, 0.2) is 11.5 Å². The van der Waals surface area contributed by atoms with Gasteiger partial charge >= 0.3 is 6.18 Å². The number of alkyl halides is 3. The Bertz CT molecular complexity index is 933. The van der Waals surface area contributed by atoms with Crippen molar-refractivity contribution in [2.24, 2.45) is 5.10 Å². The number of carbonyl (C=O) groups is 1. The maximum absolute atomic E-state index is 12.8. The highest BCUT2D eigenvalue weighted by atomic mass is 35.5. The van der Waals surface area contributed by atoms with Gasteiger partial charge in [-0.25, -0.2) is 5.43 Å². The molecule has 0 bridgehead atoms. The molecule has 0 aliphatic heterocycles. The monoisotopic (exact) mass is 470 g/mol. The van der Waals surface area contributed by atoms with E-state index >= 15 is 0 Å². The number of hydrogen-bond acceptors (Lipinski definition) is 4. The molecule has 0 saturated heterocycles. The summed E-state index contributed by atoms with van der Waals surface area (Å²) in [6, 6.07) is 7.36. The van der Waals surface area contributed by atoms with Crippen molar-refractivity contribution < 1.29 is 27.4 Å². The molecule has 1 N–H and O–H groups in total. The van der Waals surface area contributed by atoms with Gasteiger partial charge in [-0.05, 0) is 49.2 Å². The molecule has 0 aliphatic carbocycles. The van der Waals surface area contributed by atoms with Crippen LogP contribution in [0, 0.1) is 0 Å². The Balaban J connectivity index is 2.07. The van der Waals surface area contributed by atoms with Gasteiger partial charge in [-0.15, -0.1) is 0 Å². The zero-order valence-electron chi connectivity index (χ0n) is 18.0. The zero-order valence-corrected chi connectivity index (χ0v) is 18.7. The fraction of sp³-hybridized carbons (Fsp3) is 0.391. The van der Waals surface area contributed by atoms with Crippen LogP contribution in [0.15, 0.2) is 41.5 Å². The van der Waals surface area contributed by atoms with Gasteiger partial charge in [0.2, 0.25) is 0 Å². The van der Waals surface area contributed by atoms with Crippen molar-refractivity contribution in [3.05, 3.63) is 58.1 Å². The molecular formula is C23H26ClF3N2O3. The Labute approximate surface area is 190 Å². The molecular weight excluding hydrogens is 445 g/mol. The summed E-state index contributed by atoms with van der Waals surface area (Å²) in [7, 11) is 0. The SMILES string of the molecule is CCCCCCOc1c(Cl)cc(/C=N/NC(=O)c2cccc(C(F)(F)F)c2)cc1OCC. The van der Waals surface area contributed by atoms with Crippen LogP contribution in [0.5, 0.6) is 11.5 Å². The normalized spacial score (nSPS) is 11.6. The van der Waals surface area contributed by atoms with Gasteiger partial charge < -0.3 is 9.47 Å². The largest absolute Gasteiger partial charge is 0.490 e. The number of hydrazone groups is 1. The number of benzene rings is 2. The fourth-order valence-corrected chi connectivity index (χ4v) is 3.11. The molecule has 32 heavy (non-hydrogen) atoms. The zero-order chi connectivity index (χ0) is 23.6. The quantitative estimate of drug-likeness (QED) is 0.232. The number of carbonyl (C=O) groups excluding carboxylic acids is 1. The van der Waals surface area contributed by atoms with Crippen LogP contribution in [0.3, 0.4) is 0 Å². The van der Waals surface area contributed by atoms with Gasteiger partial charge in [0, 0.05) is 5.56 Å². The van der Waals surface area contributed by atoms with Crippen molar-refractivity contribution in [1.82, 2.24) is 5.43 Å². The molecule has 9 heteroatoms. The third kappa shape index (κ3) is 7.75. The van der Waals surface area contributed by atoms with Crippen molar-refractivity contribution in [2.45, 2.75) is 45.7 Å². The maximum atomic E-state index is 12.8. The number of rotatable bonds is 11. The van der Waals surface area contributed by atoms with Crippen molar-refractivity contribution in [2.75, 3.05) is 13.2 Å². The molecule has 1 amide bonds. The Morgan fingerprint density at radius 3 is 2.59 bits per heavy atom. The summed E-state index contributed by atoms with van der Waals surface area (Å²) in [6.45, 7) is 4.87. The van der Waals surface area contributed by atoms with Gasteiger partial charge in [0.05, 0.1) is 30.0 Å². The first-order valence-corrected chi connectivity index (χ1v) is 10.7. The minimum absolute atomic E-state index is 0.156. The third-order valence-electron chi connectivity index (χ3n) is 4.41. The molecule has 0 saturated carbocycles. The topological polar surface area (TPSA) is 59.9 Å². The van der Waals surface area contributed by atoms with Gasteiger partial charge in [-0.1, -0.05) is 43.9 Å². The lowest BCUT2D eigenvalue weighted by atomic mass is 10.1. The Morgan fingerprint density at radius 1 is 1.12 bits per heavy atom. The summed E-state index contributed by atoms with van der Waals surface area (Å²) < 4.78 is 49.8. The van der Waals surface area contributed by atoms with E-state index in [0.29, 0.717) is 35.3 Å². The minimum atomic E-state index is -4.54. The molecule has 2 aromatic rings. The van der Waals surface area contributed by atoms with Crippen LogP contribution >= 0.6 is 11.6 Å². The maximum Gasteiger partial charge on any atom is 0.416 e. The highest BCUT2D eigenvalue weighted by molar-refractivity contribution is 6.32. The van der Waals surface area contributed by atoms with E-state index in [1.807, 2.05) is 6.92 Å². The molecule has 0 fully saturated rings. The average Bonchev–Trinajstić information content (AvgIpc) is 2.75. The van der Waals surface area contributed by atoms with Gasteiger partial charge in [0.1, 0.15) is 0 Å². The summed E-state index contributed by atoms with van der Waals surface area (Å²) in [4.78, 5) is 12.1. The molecule has 0 spiro atoms. The molecule has 0 radical (unpaired) electrons. The van der Waals surface area contributed by atoms with E-state index in [-0.39, 0.29) is 5.56 Å². The van der Waals surface area contributed by atoms with Crippen LogP contribution in [0.2, 0.25) is 5.02 Å². The standard InChI is InChI=1S/C23H26ClF3N2O3/c1-3-5-6-7-11-32-21-19(24)12-16(13-20(21)31-4-2)15-28-29-22(30)17-9-8-10-18(14-17)23(25,26)27/h8-10,12-15H,3-7,11H2,1-2H3,(H,29,30)/b28-15+. The van der Waals surface area contributed by atoms with Crippen LogP contribution in [0.4, 0.5) is 13.2 Å². The van der Waals surface area contributed by atoms with E-state index < -0.39 is 17.6 Å². The summed E-state index contributed by atoms with van der Waals surface area (Å²) in [6.07, 6.45) is 1.02. The first kappa shape index (κ1) is 25.5. The van der Waals surface area contributed by atoms with Crippen molar-refractivity contribution in [3.63, 3.8) is 0 Å². The number of nitrogens with zero attached hydrogens (tertiary/aromatic N) is 1. The van der Waals surface area contributed by atoms with E-state index in [9.17, 15) is 18.0 Å². The number of hydrogen-bond donors (Lipinski definition) is 1. The minimum Gasteiger partial charge on any atom is -0.490 e. The van der Waals surface area contributed by atoms with E-state index in [0.717, 1.165) is 43.9 Å². The number of unbranched alkanes of at least 4 members (excludes halogenated alkanes) is 3. The molecule has 2 rings (SSSR count). The summed E-state index contributed by atoms with van der Waals surface area (Å²) in [5.41, 5.74) is 1.68. The smallest absolute Gasteiger partial charge is 0.416 e. The van der Waals surface area contributed by atoms with Crippen LogP contribution in [-0.2, 0) is 6.18 Å². The summed E-state index contributed by atoms with van der Waals surface area (Å²) in [5.74, 6) is 0.117. The van der Waals surface area contributed by atoms with E-state index in [1.54, 1.807) is 12.1 Å². The lowest BCUT2D eigenvalue weighted by molar-refractivity contribution is -0.137. The van der Waals surface area contributed by atoms with E-state index in [4.69, 9.17) is 21.1 Å². The van der Waals surface area contributed by atoms with E-state index in [2.05, 4.69) is 17.5 Å². The molecule has 5 nitrogen and oxygen atoms in total. The molecule has 0 unspecified atom stereocenters. The second-order valence-corrected chi connectivity index (χ2v) is 7.36. The fourth-order valence-electron chi connectivity index (χ4n) is 2.84. The highest BCUT2D eigenvalue weighted by Gasteiger charge is 2.30. The summed E-state index contributed by atoms with van der Waals surface area (Å²) in [5, 5.41) is 4.15. The average molecular weight is 471 g/mol. The predicted molar refractivity (Wildman–Crippen MR) is 119 cm³/mol. The Morgan fingerprint density at radius 2 is 1.91 bits per heavy atom. The van der Waals surface area contributed by atoms with E-state index in [1.165, 1.54) is 12.3 Å². The second-order valence-electron chi connectivity index (χ2n) is 6.95. The highest BCUT2D eigenvalue weighted by Crippen LogP contribution is 2.36. The van der Waals surface area contributed by atoms with Gasteiger partial charge in [-0.2, -0.15) is 18.3 Å². The van der Waals surface area contributed by atoms with Crippen molar-refractivity contribution >= 4 is 23.7 Å². The molecule has 0 aromatic heterocycles. The summed E-state index contributed by atoms with van der Waals surface area (Å²) >= 11 is 6.35. The number of ether oxygens (including phenoxy) is 2. The predicted octanol–water partition coefficient (Wildman–Crippen LogP) is 6.48. The number of nitrogens with one attached hydrogen (secondary N) is 1. The van der Waals surface area contributed by atoms with Crippen molar-refractivity contribution in [1.29, 1.82) is 0 Å². The molecule has 2 aromatic carbocycles. The molecule has 0 atom stereocenters.